The minimum atomic E-state index is 0.547. The molecule has 60 valence electrons. The lowest BCUT2D eigenvalue weighted by Crippen LogP contribution is -2.07. The molecule has 0 amide bonds. The van der Waals surface area contributed by atoms with Crippen LogP contribution in [0.25, 0.3) is 0 Å². The van der Waals surface area contributed by atoms with Crippen molar-refractivity contribution in [2.24, 2.45) is 0 Å². The quantitative estimate of drug-likeness (QED) is 0.369. The van der Waals surface area contributed by atoms with Gasteiger partial charge in [-0.15, -0.1) is 0 Å². The molecule has 0 heterocycles. The lowest BCUT2D eigenvalue weighted by molar-refractivity contribution is -0.463. The van der Waals surface area contributed by atoms with Crippen molar-refractivity contribution < 1.29 is 8.86 Å². The Morgan fingerprint density at radius 3 is 2.50 bits per heavy atom. The van der Waals surface area contributed by atoms with Gasteiger partial charge in [-0.1, -0.05) is 0 Å². The zero-order valence-corrected chi connectivity index (χ0v) is 7.74. The van der Waals surface area contributed by atoms with E-state index in [4.69, 9.17) is 23.5 Å². The van der Waals surface area contributed by atoms with E-state index < -0.39 is 0 Å². The van der Waals surface area contributed by atoms with E-state index in [1.807, 2.05) is 18.7 Å². The molecular weight excluding hydrogens is 173 g/mol. The average Bonchev–Trinajstić information content (AvgIpc) is 1.88. The van der Waals surface area contributed by atoms with Crippen LogP contribution in [-0.4, -0.2) is 30.4 Å². The second-order valence-corrected chi connectivity index (χ2v) is 2.84. The van der Waals surface area contributed by atoms with Gasteiger partial charge in [0, 0.05) is 6.42 Å². The molecule has 0 saturated carbocycles. The summed E-state index contributed by atoms with van der Waals surface area (Å²) in [5.41, 5.74) is 0. The van der Waals surface area contributed by atoms with Gasteiger partial charge >= 0.3 is 0 Å². The average molecular weight is 185 g/mol. The Balaban J connectivity index is 3.40. The zero-order valence-electron chi connectivity index (χ0n) is 6.23. The van der Waals surface area contributed by atoms with Gasteiger partial charge in [-0.25, -0.2) is 4.58 Å². The van der Waals surface area contributed by atoms with Gasteiger partial charge in [0.1, 0.15) is 14.1 Å². The lowest BCUT2D eigenvalue weighted by Gasteiger charge is -1.93. The van der Waals surface area contributed by atoms with E-state index >= 15 is 0 Å². The lowest BCUT2D eigenvalue weighted by atomic mass is 10.3. The number of hydrogen-bond acceptors (Lipinski definition) is 1. The van der Waals surface area contributed by atoms with Gasteiger partial charge in [0.05, 0.1) is 18.5 Å². The minimum absolute atomic E-state index is 0.547. The number of nitrogens with zero attached hydrogens (tertiary/aromatic N) is 1. The zero-order chi connectivity index (χ0) is 7.98. The summed E-state index contributed by atoms with van der Waals surface area (Å²) >= 11 is 10.8. The third-order valence-corrected chi connectivity index (χ3v) is 1.77. The largest absolute Gasteiger partial charge is 0.279 e. The van der Waals surface area contributed by atoms with E-state index in [0.29, 0.717) is 6.61 Å². The molecule has 0 aromatic heterocycles. The van der Waals surface area contributed by atoms with Crippen molar-refractivity contribution in [2.45, 2.75) is 12.8 Å². The maximum Gasteiger partial charge on any atom is 0.244 e. The Bertz CT molecular complexity index is 121. The van der Waals surface area contributed by atoms with Crippen LogP contribution in [0.3, 0.4) is 0 Å². The minimum Gasteiger partial charge on any atom is -0.279 e. The highest BCUT2D eigenvalue weighted by atomic mass is 35.5. The molecule has 0 atom stereocenters. The van der Waals surface area contributed by atoms with Crippen molar-refractivity contribution in [1.82, 2.24) is 0 Å². The van der Waals surface area contributed by atoms with E-state index in [1.165, 1.54) is 0 Å². The topological polar surface area (TPSA) is 12.2 Å². The molecule has 4 heteroatoms. The van der Waals surface area contributed by atoms with Crippen LogP contribution in [-0.2, 0) is 4.29 Å². The molecular formula is C6H12Cl2NO+. The van der Waals surface area contributed by atoms with Gasteiger partial charge in [0.15, 0.2) is 0 Å². The molecule has 0 aromatic rings. The molecule has 0 rings (SSSR count). The van der Waals surface area contributed by atoms with Crippen molar-refractivity contribution in [1.29, 1.82) is 0 Å². The van der Waals surface area contributed by atoms with E-state index in [-0.39, 0.29) is 0 Å². The first-order valence-corrected chi connectivity index (χ1v) is 3.79. The molecule has 0 unspecified atom stereocenters. The molecule has 0 aromatic carbocycles. The van der Waals surface area contributed by atoms with E-state index in [0.717, 1.165) is 18.0 Å². The summed E-state index contributed by atoms with van der Waals surface area (Å²) in [5.74, 6) is 0. The fourth-order valence-corrected chi connectivity index (χ4v) is 0.739. The van der Waals surface area contributed by atoms with Gasteiger partial charge in [0.2, 0.25) is 5.17 Å². The van der Waals surface area contributed by atoms with Crippen LogP contribution in [0.1, 0.15) is 12.8 Å². The van der Waals surface area contributed by atoms with Gasteiger partial charge < -0.3 is 0 Å². The summed E-state index contributed by atoms with van der Waals surface area (Å²) in [7, 11) is 3.81. The fourth-order valence-electron chi connectivity index (χ4n) is 0.496. The summed E-state index contributed by atoms with van der Waals surface area (Å²) in [6.45, 7) is 0.547. The molecule has 0 aliphatic carbocycles. The predicted octanol–water partition coefficient (Wildman–Crippen LogP) is 1.85. The van der Waals surface area contributed by atoms with Crippen LogP contribution < -0.4 is 0 Å². The maximum atomic E-state index is 5.80. The van der Waals surface area contributed by atoms with Crippen LogP contribution in [0.5, 0.6) is 0 Å². The fraction of sp³-hybridized carbons (Fsp3) is 0.833. The number of hydrogen-bond donors (Lipinski definition) is 0. The van der Waals surface area contributed by atoms with Gasteiger partial charge in [0.25, 0.3) is 0 Å². The Kier molecular flexibility index (Phi) is 6.08. The van der Waals surface area contributed by atoms with Crippen molar-refractivity contribution in [3.8, 4) is 0 Å². The van der Waals surface area contributed by atoms with E-state index in [2.05, 4.69) is 4.29 Å². The number of halogens is 2. The second-order valence-electron chi connectivity index (χ2n) is 2.19. The summed E-state index contributed by atoms with van der Waals surface area (Å²) in [4.78, 5) is 0. The van der Waals surface area contributed by atoms with Gasteiger partial charge in [-0.3, -0.25) is 4.29 Å². The maximum absolute atomic E-state index is 5.80. The number of rotatable bonds is 4. The van der Waals surface area contributed by atoms with Crippen LogP contribution in [0.15, 0.2) is 0 Å². The van der Waals surface area contributed by atoms with Gasteiger partial charge in [-0.05, 0) is 18.0 Å². The molecule has 0 spiro atoms. The Morgan fingerprint density at radius 2 is 2.10 bits per heavy atom. The molecule has 0 N–H and O–H groups in total. The third kappa shape index (κ3) is 5.03. The molecule has 10 heavy (non-hydrogen) atoms. The highest BCUT2D eigenvalue weighted by molar-refractivity contribution is 6.63. The van der Waals surface area contributed by atoms with Crippen LogP contribution in [0, 0.1) is 0 Å². The first kappa shape index (κ1) is 10.2. The summed E-state index contributed by atoms with van der Waals surface area (Å²) in [6.07, 6.45) is 1.68. The van der Waals surface area contributed by atoms with Crippen molar-refractivity contribution in [3.05, 3.63) is 0 Å². The van der Waals surface area contributed by atoms with E-state index in [9.17, 15) is 0 Å². The highest BCUT2D eigenvalue weighted by Crippen LogP contribution is 1.97. The first-order valence-electron chi connectivity index (χ1n) is 3.10. The summed E-state index contributed by atoms with van der Waals surface area (Å²) in [6, 6.07) is 0. The molecule has 0 aliphatic heterocycles. The molecule has 0 fully saturated rings. The Hall–Kier alpha value is 0.210. The second kappa shape index (κ2) is 5.96. The molecule has 0 radical (unpaired) electrons. The third-order valence-electron chi connectivity index (χ3n) is 1.09. The molecule has 0 saturated heterocycles. The van der Waals surface area contributed by atoms with Crippen LogP contribution in [0.4, 0.5) is 0 Å². The van der Waals surface area contributed by atoms with Crippen molar-refractivity contribution in [3.63, 3.8) is 0 Å². The van der Waals surface area contributed by atoms with Crippen molar-refractivity contribution >= 4 is 28.6 Å². The molecule has 2 nitrogen and oxygen atoms in total. The Labute approximate surface area is 71.6 Å². The first-order chi connectivity index (χ1) is 4.68. The van der Waals surface area contributed by atoms with Crippen molar-refractivity contribution in [2.75, 3.05) is 20.7 Å². The van der Waals surface area contributed by atoms with Crippen LogP contribution in [0.2, 0.25) is 0 Å². The standard InChI is InChI=1S/C6H12Cl2NO/c1-9(2)6(7)4-3-5-10-8/h3-5H2,1-2H3/q+1. The smallest absolute Gasteiger partial charge is 0.244 e. The van der Waals surface area contributed by atoms with Crippen LogP contribution >= 0.6 is 23.5 Å². The SMILES string of the molecule is C[N+](C)=C(Cl)CCCOCl. The Morgan fingerprint density at radius 1 is 1.50 bits per heavy atom. The van der Waals surface area contributed by atoms with E-state index in [1.54, 1.807) is 0 Å². The normalized spacial score (nSPS) is 9.60. The van der Waals surface area contributed by atoms with Gasteiger partial charge in [-0.2, -0.15) is 0 Å². The summed E-state index contributed by atoms with van der Waals surface area (Å²) in [5, 5.41) is 0.828. The summed E-state index contributed by atoms with van der Waals surface area (Å²) < 4.78 is 6.22. The molecule has 0 aliphatic rings. The predicted molar refractivity (Wildman–Crippen MR) is 44.0 cm³/mol. The highest BCUT2D eigenvalue weighted by Gasteiger charge is 2.01. The monoisotopic (exact) mass is 184 g/mol. The molecule has 0 bridgehead atoms.